The van der Waals surface area contributed by atoms with Gasteiger partial charge in [0.2, 0.25) is 0 Å². The Labute approximate surface area is 99.8 Å². The number of pyridine rings is 1. The molecule has 3 aromatic rings. The number of aromatic nitrogens is 4. The number of fused-ring (bicyclic) bond motifs is 1. The summed E-state index contributed by atoms with van der Waals surface area (Å²) in [5.41, 5.74) is 2.44. The second kappa shape index (κ2) is 3.45. The van der Waals surface area contributed by atoms with Crippen molar-refractivity contribution in [2.45, 2.75) is 13.8 Å². The van der Waals surface area contributed by atoms with Crippen LogP contribution in [0.2, 0.25) is 0 Å². The Morgan fingerprint density at radius 1 is 1.18 bits per heavy atom. The zero-order valence-corrected chi connectivity index (χ0v) is 10.3. The van der Waals surface area contributed by atoms with Crippen LogP contribution in [0.1, 0.15) is 11.4 Å². The first kappa shape index (κ1) is 10.1. The predicted octanol–water partition coefficient (Wildman–Crippen LogP) is 1.57. The summed E-state index contributed by atoms with van der Waals surface area (Å²) >= 11 is 0. The van der Waals surface area contributed by atoms with E-state index >= 15 is 0 Å². The largest absolute Gasteiger partial charge is 0.311 e. The molecule has 17 heavy (non-hydrogen) atoms. The molecule has 0 unspecified atom stereocenters. The number of rotatable bonds is 1. The average Bonchev–Trinajstić information content (AvgIpc) is 2.86. The summed E-state index contributed by atoms with van der Waals surface area (Å²) in [6, 6.07) is 6.17. The van der Waals surface area contributed by atoms with Gasteiger partial charge in [-0.3, -0.25) is 4.40 Å². The Balaban J connectivity index is 2.41. The van der Waals surface area contributed by atoms with Crippen LogP contribution < -0.4 is 4.57 Å². The van der Waals surface area contributed by atoms with Crippen LogP contribution in [0, 0.1) is 13.8 Å². The van der Waals surface area contributed by atoms with E-state index in [2.05, 4.69) is 38.4 Å². The second-order valence-corrected chi connectivity index (χ2v) is 4.27. The molecule has 3 rings (SSSR count). The van der Waals surface area contributed by atoms with Crippen molar-refractivity contribution in [2.75, 3.05) is 0 Å². The smallest absolute Gasteiger partial charge is 0.266 e. The highest BCUT2D eigenvalue weighted by Crippen LogP contribution is 2.18. The maximum atomic E-state index is 4.43. The lowest BCUT2D eigenvalue weighted by Crippen LogP contribution is -2.33. The van der Waals surface area contributed by atoms with Crippen LogP contribution in [0.4, 0.5) is 0 Å². The second-order valence-electron chi connectivity index (χ2n) is 4.27. The fourth-order valence-corrected chi connectivity index (χ4v) is 2.23. The van der Waals surface area contributed by atoms with E-state index in [1.807, 2.05) is 37.8 Å². The molecular weight excluding hydrogens is 212 g/mol. The molecule has 0 radical (unpaired) electrons. The van der Waals surface area contributed by atoms with Gasteiger partial charge < -0.3 is 0 Å². The van der Waals surface area contributed by atoms with E-state index in [4.69, 9.17) is 0 Å². The van der Waals surface area contributed by atoms with Gasteiger partial charge in [0.1, 0.15) is 5.69 Å². The molecule has 0 bridgehead atoms. The van der Waals surface area contributed by atoms with E-state index in [9.17, 15) is 0 Å². The highest BCUT2D eigenvalue weighted by molar-refractivity contribution is 5.44. The molecule has 0 atom stereocenters. The van der Waals surface area contributed by atoms with Crippen LogP contribution in [0.15, 0.2) is 36.8 Å². The topological polar surface area (TPSA) is 26.1 Å². The first-order chi connectivity index (χ1) is 8.20. The van der Waals surface area contributed by atoms with Gasteiger partial charge in [0, 0.05) is 18.5 Å². The third kappa shape index (κ3) is 1.30. The summed E-state index contributed by atoms with van der Waals surface area (Å²) in [7, 11) is 2.05. The minimum absolute atomic E-state index is 0.960. The fourth-order valence-electron chi connectivity index (χ4n) is 2.23. The molecule has 0 N–H and O–H groups in total. The molecule has 0 aliphatic heterocycles. The number of imidazole rings is 2. The summed E-state index contributed by atoms with van der Waals surface area (Å²) < 4.78 is 6.39. The summed E-state index contributed by atoms with van der Waals surface area (Å²) in [5, 5.41) is 0. The minimum Gasteiger partial charge on any atom is -0.266 e. The third-order valence-corrected chi connectivity index (χ3v) is 3.30. The lowest BCUT2D eigenvalue weighted by Gasteiger charge is -2.01. The maximum Gasteiger partial charge on any atom is 0.311 e. The molecular formula is C13H15N4+. The van der Waals surface area contributed by atoms with Crippen LogP contribution in [0.5, 0.6) is 0 Å². The van der Waals surface area contributed by atoms with Crippen LogP contribution in [-0.4, -0.2) is 14.0 Å². The van der Waals surface area contributed by atoms with Crippen LogP contribution in [0.25, 0.3) is 11.6 Å². The SMILES string of the molecule is Cc1c(C)n2ccnc2n1-c1cccc[n+]1C. The van der Waals surface area contributed by atoms with Crippen molar-refractivity contribution >= 4 is 5.78 Å². The number of nitrogens with zero attached hydrogens (tertiary/aromatic N) is 4. The molecule has 86 valence electrons. The average molecular weight is 227 g/mol. The van der Waals surface area contributed by atoms with Crippen molar-refractivity contribution in [2.24, 2.45) is 7.05 Å². The van der Waals surface area contributed by atoms with Crippen molar-refractivity contribution in [1.29, 1.82) is 0 Å². The van der Waals surface area contributed by atoms with E-state index in [0.717, 1.165) is 11.6 Å². The lowest BCUT2D eigenvalue weighted by molar-refractivity contribution is -0.665. The van der Waals surface area contributed by atoms with E-state index in [0.29, 0.717) is 0 Å². The zero-order valence-electron chi connectivity index (χ0n) is 10.3. The van der Waals surface area contributed by atoms with Crippen molar-refractivity contribution in [1.82, 2.24) is 14.0 Å². The quantitative estimate of drug-likeness (QED) is 0.579. The monoisotopic (exact) mass is 227 g/mol. The number of hydrogen-bond acceptors (Lipinski definition) is 1. The van der Waals surface area contributed by atoms with Gasteiger partial charge >= 0.3 is 5.78 Å². The number of hydrogen-bond donors (Lipinski definition) is 0. The maximum absolute atomic E-state index is 4.43. The van der Waals surface area contributed by atoms with Crippen molar-refractivity contribution < 1.29 is 4.57 Å². The Morgan fingerprint density at radius 2 is 2.00 bits per heavy atom. The number of aryl methyl sites for hydroxylation is 2. The third-order valence-electron chi connectivity index (χ3n) is 3.30. The van der Waals surface area contributed by atoms with Crippen molar-refractivity contribution in [3.8, 4) is 5.82 Å². The van der Waals surface area contributed by atoms with E-state index < -0.39 is 0 Å². The van der Waals surface area contributed by atoms with E-state index in [-0.39, 0.29) is 0 Å². The molecule has 4 nitrogen and oxygen atoms in total. The first-order valence-corrected chi connectivity index (χ1v) is 5.66. The Kier molecular flexibility index (Phi) is 2.04. The van der Waals surface area contributed by atoms with Crippen molar-refractivity contribution in [3.05, 3.63) is 48.2 Å². The molecule has 0 saturated heterocycles. The molecule has 0 amide bonds. The van der Waals surface area contributed by atoms with Gasteiger partial charge in [0.05, 0.1) is 18.9 Å². The van der Waals surface area contributed by atoms with Gasteiger partial charge in [-0.2, -0.15) is 9.55 Å². The Hall–Kier alpha value is -2.10. The van der Waals surface area contributed by atoms with Crippen molar-refractivity contribution in [3.63, 3.8) is 0 Å². The molecule has 0 saturated carbocycles. The fraction of sp³-hybridized carbons (Fsp3) is 0.231. The highest BCUT2D eigenvalue weighted by atomic mass is 15.3. The summed E-state index contributed by atoms with van der Waals surface area (Å²) in [4.78, 5) is 4.43. The normalized spacial score (nSPS) is 11.2. The summed E-state index contributed by atoms with van der Waals surface area (Å²) in [5.74, 6) is 2.08. The molecule has 4 heteroatoms. The molecule has 3 heterocycles. The summed E-state index contributed by atoms with van der Waals surface area (Å²) in [6.45, 7) is 4.24. The molecule has 0 fully saturated rings. The van der Waals surface area contributed by atoms with Gasteiger partial charge in [-0.15, -0.1) is 0 Å². The van der Waals surface area contributed by atoms with E-state index in [1.165, 1.54) is 11.4 Å². The predicted molar refractivity (Wildman–Crippen MR) is 65.2 cm³/mol. The molecule has 0 aromatic carbocycles. The van der Waals surface area contributed by atoms with Gasteiger partial charge in [0.25, 0.3) is 5.82 Å². The molecule has 0 aliphatic rings. The molecule has 3 aromatic heterocycles. The molecule has 0 aliphatic carbocycles. The minimum atomic E-state index is 0.960. The summed E-state index contributed by atoms with van der Waals surface area (Å²) in [6.07, 6.45) is 5.88. The van der Waals surface area contributed by atoms with Gasteiger partial charge in [-0.25, -0.2) is 4.57 Å². The van der Waals surface area contributed by atoms with Gasteiger partial charge in [-0.05, 0) is 19.9 Å². The van der Waals surface area contributed by atoms with Gasteiger partial charge in [0.15, 0.2) is 0 Å². The highest BCUT2D eigenvalue weighted by Gasteiger charge is 2.21. The zero-order chi connectivity index (χ0) is 12.0. The van der Waals surface area contributed by atoms with Gasteiger partial charge in [-0.1, -0.05) is 6.07 Å². The first-order valence-electron chi connectivity index (χ1n) is 5.66. The lowest BCUT2D eigenvalue weighted by atomic mass is 10.3. The Bertz CT molecular complexity index is 691. The van der Waals surface area contributed by atoms with Crippen LogP contribution in [-0.2, 0) is 7.05 Å². The van der Waals surface area contributed by atoms with Crippen LogP contribution in [0.3, 0.4) is 0 Å². The molecule has 0 spiro atoms. The van der Waals surface area contributed by atoms with Crippen LogP contribution >= 0.6 is 0 Å². The van der Waals surface area contributed by atoms with E-state index in [1.54, 1.807) is 0 Å². The standard InChI is InChI=1S/C13H15N4/c1-10-11(2)17(13-14-7-9-16(10)13)12-6-4-5-8-15(12)3/h4-9H,1-3H3/q+1. The Morgan fingerprint density at radius 3 is 2.76 bits per heavy atom.